The molecule has 0 bridgehead atoms. The van der Waals surface area contributed by atoms with Crippen LogP contribution < -0.4 is 4.90 Å². The van der Waals surface area contributed by atoms with Crippen molar-refractivity contribution >= 4 is 38.9 Å². The van der Waals surface area contributed by atoms with Crippen LogP contribution in [0.25, 0.3) is 0 Å². The Morgan fingerprint density at radius 3 is 1.81 bits per heavy atom. The summed E-state index contributed by atoms with van der Waals surface area (Å²) in [6, 6.07) is 9.74. The Hall–Kier alpha value is -1.27. The van der Waals surface area contributed by atoms with E-state index in [-0.39, 0.29) is 11.8 Å². The van der Waals surface area contributed by atoms with Crippen molar-refractivity contribution in [3.63, 3.8) is 0 Å². The van der Waals surface area contributed by atoms with Crippen LogP contribution >= 0.6 is 23.2 Å². The molecule has 3 rings (SSSR count). The Kier molecular flexibility index (Phi) is 7.86. The van der Waals surface area contributed by atoms with Crippen molar-refractivity contribution in [1.29, 1.82) is 0 Å². The summed E-state index contributed by atoms with van der Waals surface area (Å²) in [6.45, 7) is 14.5. The van der Waals surface area contributed by atoms with Crippen LogP contribution in [0.1, 0.15) is 76.0 Å². The smallest absolute Gasteiger partial charge is 0.243 e. The minimum absolute atomic E-state index is 0.113. The molecule has 0 unspecified atom stereocenters. The molecule has 0 spiro atoms. The average Bonchev–Trinajstić information content (AvgIpc) is 2.74. The maximum absolute atomic E-state index is 13.9. The van der Waals surface area contributed by atoms with Gasteiger partial charge in [-0.25, -0.2) is 8.42 Å². The van der Waals surface area contributed by atoms with Crippen LogP contribution in [-0.4, -0.2) is 38.9 Å². The second-order valence-electron chi connectivity index (χ2n) is 9.46. The third-order valence-corrected chi connectivity index (χ3v) is 9.03. The Labute approximate surface area is 203 Å². The van der Waals surface area contributed by atoms with Gasteiger partial charge in [-0.15, -0.1) is 0 Å². The maximum Gasteiger partial charge on any atom is 0.243 e. The first-order valence-electron chi connectivity index (χ1n) is 11.3. The second-order valence-corrected chi connectivity index (χ2v) is 12.1. The van der Waals surface area contributed by atoms with Crippen LogP contribution in [0.15, 0.2) is 35.2 Å². The molecule has 1 heterocycles. The number of piperazine rings is 1. The first kappa shape index (κ1) is 25.4. The average molecular weight is 498 g/mol. The molecule has 0 saturated carbocycles. The molecular formula is C25H34Cl2N2O2S. The Bertz CT molecular complexity index is 1040. The first-order chi connectivity index (χ1) is 14.9. The summed E-state index contributed by atoms with van der Waals surface area (Å²) in [6.07, 6.45) is 0. The number of anilines is 1. The summed E-state index contributed by atoms with van der Waals surface area (Å²) in [5.74, 6) is 0.567. The highest BCUT2D eigenvalue weighted by Crippen LogP contribution is 2.38. The van der Waals surface area contributed by atoms with Crippen molar-refractivity contribution in [2.24, 2.45) is 0 Å². The molecule has 0 radical (unpaired) electrons. The normalized spacial score (nSPS) is 15.9. The largest absolute Gasteiger partial charge is 0.368 e. The summed E-state index contributed by atoms with van der Waals surface area (Å²) < 4.78 is 29.5. The van der Waals surface area contributed by atoms with Crippen LogP contribution in [0.5, 0.6) is 0 Å². The van der Waals surface area contributed by atoms with E-state index in [4.69, 9.17) is 23.2 Å². The molecule has 2 aromatic rings. The van der Waals surface area contributed by atoms with Crippen molar-refractivity contribution < 1.29 is 8.42 Å². The van der Waals surface area contributed by atoms with Crippen LogP contribution in [0.3, 0.4) is 0 Å². The number of halogens is 2. The zero-order valence-electron chi connectivity index (χ0n) is 19.8. The van der Waals surface area contributed by atoms with E-state index in [1.807, 2.05) is 12.1 Å². The van der Waals surface area contributed by atoms with Gasteiger partial charge in [0.15, 0.2) is 0 Å². The Morgan fingerprint density at radius 2 is 1.34 bits per heavy atom. The molecule has 0 aromatic heterocycles. The van der Waals surface area contributed by atoms with E-state index < -0.39 is 10.0 Å². The van der Waals surface area contributed by atoms with E-state index in [0.29, 0.717) is 47.0 Å². The summed E-state index contributed by atoms with van der Waals surface area (Å²) in [5, 5.41) is 1.02. The third kappa shape index (κ3) is 4.96. The zero-order valence-corrected chi connectivity index (χ0v) is 22.2. The number of benzene rings is 2. The van der Waals surface area contributed by atoms with E-state index >= 15 is 0 Å². The van der Waals surface area contributed by atoms with Crippen molar-refractivity contribution in [2.45, 2.75) is 64.2 Å². The minimum atomic E-state index is -3.63. The lowest BCUT2D eigenvalue weighted by Gasteiger charge is -2.37. The summed E-state index contributed by atoms with van der Waals surface area (Å²) in [5.41, 5.74) is 3.88. The fourth-order valence-corrected chi connectivity index (χ4v) is 6.72. The van der Waals surface area contributed by atoms with E-state index in [1.165, 1.54) is 5.56 Å². The molecule has 2 aromatic carbocycles. The highest BCUT2D eigenvalue weighted by molar-refractivity contribution is 7.89. The van der Waals surface area contributed by atoms with Crippen LogP contribution in [0, 0.1) is 0 Å². The monoisotopic (exact) mass is 496 g/mol. The van der Waals surface area contributed by atoms with Crippen LogP contribution in [-0.2, 0) is 10.0 Å². The maximum atomic E-state index is 13.9. The number of hydrogen-bond acceptors (Lipinski definition) is 3. The van der Waals surface area contributed by atoms with Gasteiger partial charge in [0.25, 0.3) is 0 Å². The molecule has 1 aliphatic heterocycles. The molecule has 32 heavy (non-hydrogen) atoms. The Morgan fingerprint density at radius 1 is 0.812 bits per heavy atom. The summed E-state index contributed by atoms with van der Waals surface area (Å²) >= 11 is 12.6. The van der Waals surface area contributed by atoms with E-state index in [1.54, 1.807) is 10.4 Å². The predicted octanol–water partition coefficient (Wildman–Crippen LogP) is 6.87. The van der Waals surface area contributed by atoms with Gasteiger partial charge in [0.2, 0.25) is 10.0 Å². The number of sulfonamides is 1. The fraction of sp³-hybridized carbons (Fsp3) is 0.520. The molecule has 1 fully saturated rings. The first-order valence-corrected chi connectivity index (χ1v) is 13.5. The SMILES string of the molecule is CC(C)c1cc(C(C)C)c(S(=O)(=O)N2CCN(c3cccc(Cl)c3Cl)CC2)c(C(C)C)c1. The van der Waals surface area contributed by atoms with E-state index in [2.05, 4.69) is 58.6 Å². The quantitative estimate of drug-likeness (QED) is 0.437. The van der Waals surface area contributed by atoms with Crippen LogP contribution in [0.4, 0.5) is 5.69 Å². The van der Waals surface area contributed by atoms with Gasteiger partial charge in [-0.1, -0.05) is 82.9 Å². The van der Waals surface area contributed by atoms with Crippen molar-refractivity contribution in [3.8, 4) is 0 Å². The third-order valence-electron chi connectivity index (χ3n) is 6.19. The van der Waals surface area contributed by atoms with Gasteiger partial charge < -0.3 is 4.90 Å². The number of hydrogen-bond donors (Lipinski definition) is 0. The van der Waals surface area contributed by atoms with Gasteiger partial charge >= 0.3 is 0 Å². The van der Waals surface area contributed by atoms with Crippen molar-refractivity contribution in [1.82, 2.24) is 4.31 Å². The van der Waals surface area contributed by atoms with Gasteiger partial charge in [0.1, 0.15) is 0 Å². The van der Waals surface area contributed by atoms with Crippen molar-refractivity contribution in [2.75, 3.05) is 31.1 Å². The number of rotatable bonds is 6. The summed E-state index contributed by atoms with van der Waals surface area (Å²) in [7, 11) is -3.63. The lowest BCUT2D eigenvalue weighted by atomic mass is 9.89. The van der Waals surface area contributed by atoms with Gasteiger partial charge in [0.05, 0.1) is 20.6 Å². The van der Waals surface area contributed by atoms with Gasteiger partial charge in [0, 0.05) is 26.2 Å². The Balaban J connectivity index is 1.97. The molecule has 0 N–H and O–H groups in total. The lowest BCUT2D eigenvalue weighted by molar-refractivity contribution is 0.383. The standard InChI is InChI=1S/C25H34Cl2N2O2S/c1-16(2)19-14-20(17(3)4)25(21(15-19)18(5)6)32(30,31)29-12-10-28(11-13-29)23-9-7-8-22(26)24(23)27/h7-9,14-18H,10-13H2,1-6H3. The summed E-state index contributed by atoms with van der Waals surface area (Å²) in [4.78, 5) is 2.61. The molecule has 176 valence electrons. The van der Waals surface area contributed by atoms with Gasteiger partial charge in [-0.2, -0.15) is 4.31 Å². The molecule has 4 nitrogen and oxygen atoms in total. The topological polar surface area (TPSA) is 40.6 Å². The zero-order chi connectivity index (χ0) is 23.8. The molecule has 0 atom stereocenters. The minimum Gasteiger partial charge on any atom is -0.368 e. The highest BCUT2D eigenvalue weighted by Gasteiger charge is 2.34. The van der Waals surface area contributed by atoms with E-state index in [9.17, 15) is 8.42 Å². The molecule has 7 heteroatoms. The molecule has 1 saturated heterocycles. The van der Waals surface area contributed by atoms with Crippen molar-refractivity contribution in [3.05, 3.63) is 57.1 Å². The van der Waals surface area contributed by atoms with Gasteiger partial charge in [-0.3, -0.25) is 0 Å². The lowest BCUT2D eigenvalue weighted by Crippen LogP contribution is -2.49. The number of nitrogens with zero attached hydrogens (tertiary/aromatic N) is 2. The van der Waals surface area contributed by atoms with Gasteiger partial charge in [-0.05, 0) is 46.6 Å². The molecule has 0 aliphatic carbocycles. The molecule has 0 amide bonds. The van der Waals surface area contributed by atoms with Crippen LogP contribution in [0.2, 0.25) is 10.0 Å². The highest BCUT2D eigenvalue weighted by atomic mass is 35.5. The fourth-order valence-electron chi connectivity index (χ4n) is 4.22. The molecular weight excluding hydrogens is 463 g/mol. The predicted molar refractivity (Wildman–Crippen MR) is 136 cm³/mol. The second kappa shape index (κ2) is 9.92. The molecule has 1 aliphatic rings. The van der Waals surface area contributed by atoms with E-state index in [0.717, 1.165) is 16.8 Å².